The van der Waals surface area contributed by atoms with E-state index in [-0.39, 0.29) is 11.9 Å². The zero-order valence-corrected chi connectivity index (χ0v) is 12.5. The molecule has 1 aromatic rings. The van der Waals surface area contributed by atoms with Gasteiger partial charge in [-0.2, -0.15) is 0 Å². The second-order valence-electron chi connectivity index (χ2n) is 6.02. The molecule has 3 N–H and O–H groups in total. The largest absolute Gasteiger partial charge is 0.333 e. The summed E-state index contributed by atoms with van der Waals surface area (Å²) in [5.74, 6) is 5.52. The highest BCUT2D eigenvalue weighted by atomic mass is 16.2. The molecule has 2 fully saturated rings. The number of hydrogen-bond acceptors (Lipinski definition) is 5. The van der Waals surface area contributed by atoms with Crippen LogP contribution in [0.4, 0.5) is 5.69 Å². The highest BCUT2D eigenvalue weighted by Gasteiger charge is 2.36. The minimum atomic E-state index is 0.0220. The molecular weight excluding hydrogens is 266 g/mol. The molecule has 2 atom stereocenters. The lowest BCUT2D eigenvalue weighted by atomic mass is 9.96. The zero-order chi connectivity index (χ0) is 14.8. The lowest BCUT2D eigenvalue weighted by Gasteiger charge is -2.47. The standard InChI is InChI=1S/C15H23N5O/c1-11-9-19-7-3-2-4-12(19)10-20(11)15(21)13-8-17-6-5-14(13)18-16/h5-6,8,11-12H,2-4,7,9-10,16H2,1H3,(H,17,18). The van der Waals surface area contributed by atoms with Crippen LogP contribution in [0, 0.1) is 0 Å². The molecule has 1 amide bonds. The maximum absolute atomic E-state index is 12.8. The summed E-state index contributed by atoms with van der Waals surface area (Å²) < 4.78 is 0. The molecular formula is C15H23N5O. The summed E-state index contributed by atoms with van der Waals surface area (Å²) in [5, 5.41) is 0. The van der Waals surface area contributed by atoms with Crippen LogP contribution in [0.3, 0.4) is 0 Å². The van der Waals surface area contributed by atoms with Crippen LogP contribution in [-0.2, 0) is 0 Å². The molecule has 3 rings (SSSR count). The van der Waals surface area contributed by atoms with Gasteiger partial charge in [0.25, 0.3) is 5.91 Å². The van der Waals surface area contributed by atoms with E-state index in [4.69, 9.17) is 5.84 Å². The van der Waals surface area contributed by atoms with Crippen molar-refractivity contribution in [3.8, 4) is 0 Å². The Kier molecular flexibility index (Phi) is 4.07. The van der Waals surface area contributed by atoms with Gasteiger partial charge in [0.05, 0.1) is 11.3 Å². The fraction of sp³-hybridized carbons (Fsp3) is 0.600. The molecule has 21 heavy (non-hydrogen) atoms. The number of piperazine rings is 1. The number of hydrazine groups is 1. The van der Waals surface area contributed by atoms with Crippen LogP contribution in [0.15, 0.2) is 18.5 Å². The van der Waals surface area contributed by atoms with Gasteiger partial charge in [-0.3, -0.25) is 20.5 Å². The predicted molar refractivity (Wildman–Crippen MR) is 81.8 cm³/mol. The fourth-order valence-electron chi connectivity index (χ4n) is 3.48. The normalized spacial score (nSPS) is 26.3. The van der Waals surface area contributed by atoms with E-state index in [1.165, 1.54) is 25.8 Å². The van der Waals surface area contributed by atoms with Crippen molar-refractivity contribution < 1.29 is 4.79 Å². The van der Waals surface area contributed by atoms with Crippen molar-refractivity contribution in [3.63, 3.8) is 0 Å². The summed E-state index contributed by atoms with van der Waals surface area (Å²) in [7, 11) is 0. The predicted octanol–water partition coefficient (Wildman–Crippen LogP) is 1.07. The summed E-state index contributed by atoms with van der Waals surface area (Å²) in [5.41, 5.74) is 3.77. The number of carbonyl (C=O) groups excluding carboxylic acids is 1. The maximum Gasteiger partial charge on any atom is 0.257 e. The highest BCUT2D eigenvalue weighted by Crippen LogP contribution is 2.26. The van der Waals surface area contributed by atoms with Gasteiger partial charge in [0.1, 0.15) is 0 Å². The number of nitrogens with zero attached hydrogens (tertiary/aromatic N) is 3. The van der Waals surface area contributed by atoms with Crippen LogP contribution >= 0.6 is 0 Å². The molecule has 2 aliphatic heterocycles. The maximum atomic E-state index is 12.8. The monoisotopic (exact) mass is 289 g/mol. The van der Waals surface area contributed by atoms with Crippen LogP contribution in [0.2, 0.25) is 0 Å². The van der Waals surface area contributed by atoms with Gasteiger partial charge in [0.2, 0.25) is 0 Å². The molecule has 6 nitrogen and oxygen atoms in total. The van der Waals surface area contributed by atoms with Gasteiger partial charge < -0.3 is 10.3 Å². The Labute approximate surface area is 125 Å². The Hall–Kier alpha value is -1.66. The Morgan fingerprint density at radius 2 is 2.29 bits per heavy atom. The minimum Gasteiger partial charge on any atom is -0.333 e. The van der Waals surface area contributed by atoms with Crippen molar-refractivity contribution in [1.29, 1.82) is 0 Å². The van der Waals surface area contributed by atoms with Gasteiger partial charge in [-0.05, 0) is 32.4 Å². The molecule has 0 aliphatic carbocycles. The lowest BCUT2D eigenvalue weighted by molar-refractivity contribution is 0.0152. The molecule has 2 saturated heterocycles. The number of rotatable bonds is 2. The molecule has 3 heterocycles. The third-order valence-electron chi connectivity index (χ3n) is 4.66. The minimum absolute atomic E-state index is 0.0220. The van der Waals surface area contributed by atoms with E-state index in [0.29, 0.717) is 17.3 Å². The number of aromatic nitrogens is 1. The average molecular weight is 289 g/mol. The van der Waals surface area contributed by atoms with Crippen molar-refractivity contribution in [2.45, 2.75) is 38.3 Å². The topological polar surface area (TPSA) is 74.5 Å². The van der Waals surface area contributed by atoms with Gasteiger partial charge >= 0.3 is 0 Å². The molecule has 0 saturated carbocycles. The third kappa shape index (κ3) is 2.73. The molecule has 2 unspecified atom stereocenters. The Morgan fingerprint density at radius 3 is 3.10 bits per heavy atom. The zero-order valence-electron chi connectivity index (χ0n) is 12.5. The van der Waals surface area contributed by atoms with Crippen LogP contribution in [-0.4, -0.2) is 52.4 Å². The van der Waals surface area contributed by atoms with E-state index in [2.05, 4.69) is 22.2 Å². The Balaban J connectivity index is 1.80. The summed E-state index contributed by atoms with van der Waals surface area (Å²) in [6.07, 6.45) is 6.96. The van der Waals surface area contributed by atoms with Crippen molar-refractivity contribution in [2.24, 2.45) is 5.84 Å². The summed E-state index contributed by atoms with van der Waals surface area (Å²) in [4.78, 5) is 21.4. The molecule has 0 radical (unpaired) electrons. The van der Waals surface area contributed by atoms with E-state index >= 15 is 0 Å². The summed E-state index contributed by atoms with van der Waals surface area (Å²) in [6.45, 7) is 5.05. The summed E-state index contributed by atoms with van der Waals surface area (Å²) >= 11 is 0. The van der Waals surface area contributed by atoms with Gasteiger partial charge in [-0.25, -0.2) is 0 Å². The van der Waals surface area contributed by atoms with E-state index in [0.717, 1.165) is 13.1 Å². The molecule has 0 spiro atoms. The van der Waals surface area contributed by atoms with Crippen LogP contribution < -0.4 is 11.3 Å². The second kappa shape index (κ2) is 5.99. The van der Waals surface area contributed by atoms with Crippen molar-refractivity contribution in [2.75, 3.05) is 25.1 Å². The van der Waals surface area contributed by atoms with Crippen LogP contribution in [0.25, 0.3) is 0 Å². The number of fused-ring (bicyclic) bond motifs is 1. The van der Waals surface area contributed by atoms with Crippen molar-refractivity contribution in [3.05, 3.63) is 24.0 Å². The first kappa shape index (κ1) is 14.3. The van der Waals surface area contributed by atoms with Gasteiger partial charge in [0, 0.05) is 37.6 Å². The lowest BCUT2D eigenvalue weighted by Crippen LogP contribution is -2.60. The molecule has 6 heteroatoms. The van der Waals surface area contributed by atoms with Crippen molar-refractivity contribution in [1.82, 2.24) is 14.8 Å². The number of nitrogens with two attached hydrogens (primary N) is 1. The van der Waals surface area contributed by atoms with E-state index in [1.54, 1.807) is 18.5 Å². The number of piperidine rings is 1. The molecule has 1 aromatic heterocycles. The summed E-state index contributed by atoms with van der Waals surface area (Å²) in [6, 6.07) is 2.46. The average Bonchev–Trinajstić information content (AvgIpc) is 2.53. The van der Waals surface area contributed by atoms with Crippen LogP contribution in [0.1, 0.15) is 36.5 Å². The molecule has 2 aliphatic rings. The fourth-order valence-corrected chi connectivity index (χ4v) is 3.48. The highest BCUT2D eigenvalue weighted by molar-refractivity contribution is 5.99. The number of amides is 1. The number of anilines is 1. The number of carbonyl (C=O) groups is 1. The van der Waals surface area contributed by atoms with Crippen molar-refractivity contribution >= 4 is 11.6 Å². The molecule has 0 bridgehead atoms. The van der Waals surface area contributed by atoms with Gasteiger partial charge in [-0.15, -0.1) is 0 Å². The van der Waals surface area contributed by atoms with Crippen LogP contribution in [0.5, 0.6) is 0 Å². The Morgan fingerprint density at radius 1 is 1.43 bits per heavy atom. The smallest absolute Gasteiger partial charge is 0.257 e. The SMILES string of the molecule is CC1CN2CCCCC2CN1C(=O)c1cnccc1NN. The number of pyridine rings is 1. The first-order chi connectivity index (χ1) is 10.2. The number of hydrogen-bond donors (Lipinski definition) is 2. The van der Waals surface area contributed by atoms with Gasteiger partial charge in [-0.1, -0.05) is 6.42 Å². The second-order valence-corrected chi connectivity index (χ2v) is 6.02. The molecule has 114 valence electrons. The first-order valence-electron chi connectivity index (χ1n) is 7.66. The van der Waals surface area contributed by atoms with E-state index in [1.807, 2.05) is 4.90 Å². The first-order valence-corrected chi connectivity index (χ1v) is 7.66. The Bertz CT molecular complexity index is 521. The number of nitrogens with one attached hydrogen (secondary N) is 1. The quantitative estimate of drug-likeness (QED) is 0.629. The van der Waals surface area contributed by atoms with E-state index in [9.17, 15) is 4.79 Å². The number of nitrogen functional groups attached to an aromatic ring is 1. The molecule has 0 aromatic carbocycles. The van der Waals surface area contributed by atoms with Gasteiger partial charge in [0.15, 0.2) is 0 Å². The third-order valence-corrected chi connectivity index (χ3v) is 4.66. The van der Waals surface area contributed by atoms with E-state index < -0.39 is 0 Å².